The van der Waals surface area contributed by atoms with Crippen LogP contribution in [0.5, 0.6) is 11.5 Å². The fourth-order valence-corrected chi connectivity index (χ4v) is 3.77. The Morgan fingerprint density at radius 2 is 1.47 bits per heavy atom. The van der Waals surface area contributed by atoms with Gasteiger partial charge in [0.25, 0.3) is 0 Å². The molecule has 170 valence electrons. The third-order valence-electron chi connectivity index (χ3n) is 5.04. The van der Waals surface area contributed by atoms with Gasteiger partial charge in [-0.1, -0.05) is 89.9 Å². The van der Waals surface area contributed by atoms with Crippen LogP contribution in [0.25, 0.3) is 0 Å². The minimum atomic E-state index is 0.293. The molecule has 0 atom stereocenters. The van der Waals surface area contributed by atoms with Crippen molar-refractivity contribution >= 4 is 35.1 Å². The highest BCUT2D eigenvalue weighted by Crippen LogP contribution is 2.30. The van der Waals surface area contributed by atoms with E-state index < -0.39 is 0 Å². The molecule has 4 rings (SSSR count). The lowest BCUT2D eigenvalue weighted by atomic mass is 10.0. The minimum Gasteiger partial charge on any atom is -0.493 e. The summed E-state index contributed by atoms with van der Waals surface area (Å²) in [6.07, 6.45) is 1.69. The van der Waals surface area contributed by atoms with E-state index in [1.807, 2.05) is 84.9 Å². The molecular formula is C28H22Cl2N2O2. The highest BCUT2D eigenvalue weighted by Gasteiger charge is 2.09. The summed E-state index contributed by atoms with van der Waals surface area (Å²) >= 11 is 12.2. The van der Waals surface area contributed by atoms with E-state index in [1.165, 1.54) is 0 Å². The second kappa shape index (κ2) is 11.5. The predicted octanol–water partition coefficient (Wildman–Crippen LogP) is 7.45. The monoisotopic (exact) mass is 488 g/mol. The van der Waals surface area contributed by atoms with Gasteiger partial charge in [0.15, 0.2) is 11.5 Å². The average Bonchev–Trinajstić information content (AvgIpc) is 2.87. The molecule has 6 heteroatoms. The minimum absolute atomic E-state index is 0.293. The molecule has 0 fully saturated rings. The van der Waals surface area contributed by atoms with Crippen molar-refractivity contribution in [3.05, 3.63) is 129 Å². The van der Waals surface area contributed by atoms with E-state index in [-0.39, 0.29) is 0 Å². The zero-order chi connectivity index (χ0) is 23.8. The van der Waals surface area contributed by atoms with E-state index in [4.69, 9.17) is 32.7 Å². The molecule has 0 aromatic heterocycles. The van der Waals surface area contributed by atoms with Crippen LogP contribution in [-0.4, -0.2) is 19.0 Å². The summed E-state index contributed by atoms with van der Waals surface area (Å²) in [6.45, 7) is 0.293. The zero-order valence-corrected chi connectivity index (χ0v) is 20.0. The Hall–Kier alpha value is -3.60. The van der Waals surface area contributed by atoms with Crippen molar-refractivity contribution in [3.8, 4) is 11.5 Å². The Kier molecular flexibility index (Phi) is 7.97. The van der Waals surface area contributed by atoms with Gasteiger partial charge < -0.3 is 9.47 Å². The van der Waals surface area contributed by atoms with Crippen LogP contribution in [-0.2, 0) is 6.61 Å². The smallest absolute Gasteiger partial charge is 0.161 e. The zero-order valence-electron chi connectivity index (χ0n) is 18.5. The van der Waals surface area contributed by atoms with Crippen molar-refractivity contribution in [3.63, 3.8) is 0 Å². The fourth-order valence-electron chi connectivity index (χ4n) is 3.31. The largest absolute Gasteiger partial charge is 0.493 e. The maximum atomic E-state index is 6.24. The van der Waals surface area contributed by atoms with Gasteiger partial charge in [-0.3, -0.25) is 0 Å². The quantitative estimate of drug-likeness (QED) is 0.191. The first-order valence-corrected chi connectivity index (χ1v) is 11.4. The average molecular weight is 489 g/mol. The highest BCUT2D eigenvalue weighted by atomic mass is 35.5. The van der Waals surface area contributed by atoms with Gasteiger partial charge in [0.1, 0.15) is 12.3 Å². The first kappa shape index (κ1) is 23.6. The molecule has 0 aliphatic carbocycles. The number of hydrogen-bond acceptors (Lipinski definition) is 4. The molecule has 0 saturated heterocycles. The fraction of sp³-hybridized carbons (Fsp3) is 0.0714. The van der Waals surface area contributed by atoms with Crippen molar-refractivity contribution in [1.29, 1.82) is 0 Å². The molecule has 0 unspecified atom stereocenters. The normalized spacial score (nSPS) is 10.8. The van der Waals surface area contributed by atoms with Gasteiger partial charge in [0.2, 0.25) is 0 Å². The van der Waals surface area contributed by atoms with Crippen LogP contribution in [0.1, 0.15) is 22.3 Å². The van der Waals surface area contributed by atoms with Crippen LogP contribution in [0.15, 0.2) is 107 Å². The Labute approximate surface area is 209 Å². The van der Waals surface area contributed by atoms with Crippen LogP contribution in [0, 0.1) is 0 Å². The van der Waals surface area contributed by atoms with Crippen LogP contribution in [0.4, 0.5) is 0 Å². The lowest BCUT2D eigenvalue weighted by molar-refractivity contribution is 0.284. The molecule has 0 aliphatic rings. The Morgan fingerprint density at radius 3 is 2.09 bits per heavy atom. The number of benzene rings is 4. The van der Waals surface area contributed by atoms with E-state index in [2.05, 4.69) is 10.2 Å². The first-order chi connectivity index (χ1) is 16.6. The summed E-state index contributed by atoms with van der Waals surface area (Å²) < 4.78 is 11.4. The van der Waals surface area contributed by atoms with E-state index in [1.54, 1.807) is 25.5 Å². The lowest BCUT2D eigenvalue weighted by Gasteiger charge is -2.12. The van der Waals surface area contributed by atoms with Crippen LogP contribution in [0.2, 0.25) is 10.0 Å². The SMILES string of the molecule is COc1cc(/C=N\N=C(c2ccccc2)c2ccccc2)ccc1OCc1ccc(Cl)cc1Cl. The number of methoxy groups -OCH3 is 1. The Bertz CT molecular complexity index is 1270. The molecule has 0 saturated carbocycles. The molecule has 4 aromatic rings. The molecule has 0 spiro atoms. The van der Waals surface area contributed by atoms with Gasteiger partial charge >= 0.3 is 0 Å². The molecule has 0 N–H and O–H groups in total. The second-order valence-electron chi connectivity index (χ2n) is 7.36. The van der Waals surface area contributed by atoms with E-state index >= 15 is 0 Å². The summed E-state index contributed by atoms with van der Waals surface area (Å²) in [5, 5.41) is 10.0. The summed E-state index contributed by atoms with van der Waals surface area (Å²) in [5.74, 6) is 1.19. The van der Waals surface area contributed by atoms with Gasteiger partial charge in [-0.05, 0) is 35.9 Å². The maximum Gasteiger partial charge on any atom is 0.161 e. The molecule has 4 nitrogen and oxygen atoms in total. The van der Waals surface area contributed by atoms with E-state index in [0.29, 0.717) is 28.2 Å². The van der Waals surface area contributed by atoms with Crippen molar-refractivity contribution in [2.24, 2.45) is 10.2 Å². The number of rotatable bonds is 8. The lowest BCUT2D eigenvalue weighted by Crippen LogP contribution is -2.02. The van der Waals surface area contributed by atoms with Gasteiger partial charge in [-0.25, -0.2) is 0 Å². The predicted molar refractivity (Wildman–Crippen MR) is 140 cm³/mol. The number of ether oxygens (including phenoxy) is 2. The van der Waals surface area contributed by atoms with Gasteiger partial charge in [-0.15, -0.1) is 5.10 Å². The second-order valence-corrected chi connectivity index (χ2v) is 8.20. The third kappa shape index (κ3) is 6.04. The van der Waals surface area contributed by atoms with Crippen molar-refractivity contribution in [1.82, 2.24) is 0 Å². The molecule has 0 radical (unpaired) electrons. The first-order valence-electron chi connectivity index (χ1n) is 10.6. The van der Waals surface area contributed by atoms with E-state index in [0.717, 1.165) is 28.0 Å². The van der Waals surface area contributed by atoms with Crippen LogP contribution >= 0.6 is 23.2 Å². The summed E-state index contributed by atoms with van der Waals surface area (Å²) in [7, 11) is 1.60. The van der Waals surface area contributed by atoms with Crippen molar-refractivity contribution < 1.29 is 9.47 Å². The highest BCUT2D eigenvalue weighted by molar-refractivity contribution is 6.35. The van der Waals surface area contributed by atoms with Crippen molar-refractivity contribution in [2.45, 2.75) is 6.61 Å². The molecule has 34 heavy (non-hydrogen) atoms. The molecular weight excluding hydrogens is 467 g/mol. The van der Waals surface area contributed by atoms with Gasteiger partial charge in [0.05, 0.1) is 13.3 Å². The topological polar surface area (TPSA) is 43.2 Å². The number of hydrogen-bond donors (Lipinski definition) is 0. The molecule has 0 bridgehead atoms. The van der Waals surface area contributed by atoms with E-state index in [9.17, 15) is 0 Å². The van der Waals surface area contributed by atoms with Crippen molar-refractivity contribution in [2.75, 3.05) is 7.11 Å². The summed E-state index contributed by atoms with van der Waals surface area (Å²) in [5.41, 5.74) is 4.45. The number of halogens is 2. The third-order valence-corrected chi connectivity index (χ3v) is 5.63. The van der Waals surface area contributed by atoms with Crippen LogP contribution in [0.3, 0.4) is 0 Å². The molecule has 0 amide bonds. The summed E-state index contributed by atoms with van der Waals surface area (Å²) in [6, 6.07) is 30.9. The standard InChI is InChI=1S/C28H22Cl2N2O2/c1-33-27-16-20(12-15-26(27)34-19-23-13-14-24(29)17-25(23)30)18-31-32-28(21-8-4-2-5-9-21)22-10-6-3-7-11-22/h2-18H,19H2,1H3/b31-18-. The van der Waals surface area contributed by atoms with Gasteiger partial charge in [0, 0.05) is 26.7 Å². The Morgan fingerprint density at radius 1 is 0.794 bits per heavy atom. The van der Waals surface area contributed by atoms with Gasteiger partial charge in [-0.2, -0.15) is 5.10 Å². The number of nitrogens with zero attached hydrogens (tertiary/aromatic N) is 2. The molecule has 0 heterocycles. The molecule has 0 aliphatic heterocycles. The Balaban J connectivity index is 1.53. The summed E-state index contributed by atoms with van der Waals surface area (Å²) in [4.78, 5) is 0. The van der Waals surface area contributed by atoms with Crippen LogP contribution < -0.4 is 9.47 Å². The molecule has 4 aromatic carbocycles. The maximum absolute atomic E-state index is 6.24.